The number of aromatic nitrogens is 1. The van der Waals surface area contributed by atoms with Crippen molar-refractivity contribution in [3.63, 3.8) is 0 Å². The number of rotatable bonds is 5. The minimum Gasteiger partial charge on any atom is -0.468 e. The van der Waals surface area contributed by atoms with Crippen molar-refractivity contribution in [1.29, 1.82) is 0 Å². The van der Waals surface area contributed by atoms with Crippen molar-refractivity contribution in [3.05, 3.63) is 53.7 Å². The van der Waals surface area contributed by atoms with Crippen molar-refractivity contribution in [1.82, 2.24) is 10.3 Å². The molecule has 0 spiro atoms. The Morgan fingerprint density at radius 3 is 2.88 bits per heavy atom. The fourth-order valence-electron chi connectivity index (χ4n) is 1.67. The van der Waals surface area contributed by atoms with E-state index in [2.05, 4.69) is 24.1 Å². The molecule has 1 N–H and O–H groups in total. The largest absolute Gasteiger partial charge is 0.468 e. The van der Waals surface area contributed by atoms with Crippen LogP contribution >= 0.6 is 0 Å². The lowest BCUT2D eigenvalue weighted by Crippen LogP contribution is -2.22. The molecule has 2 aromatic heterocycles. The van der Waals surface area contributed by atoms with Crippen LogP contribution in [0.25, 0.3) is 0 Å². The van der Waals surface area contributed by atoms with Gasteiger partial charge in [0.1, 0.15) is 5.76 Å². The van der Waals surface area contributed by atoms with Crippen LogP contribution in [0.3, 0.4) is 0 Å². The number of hydrogen-bond donors (Lipinski definition) is 1. The molecule has 0 saturated heterocycles. The van der Waals surface area contributed by atoms with Gasteiger partial charge in [-0.3, -0.25) is 4.98 Å². The quantitative estimate of drug-likeness (QED) is 0.858. The van der Waals surface area contributed by atoms with E-state index >= 15 is 0 Å². The molecule has 0 radical (unpaired) electrons. The topological polar surface area (TPSA) is 38.1 Å². The zero-order valence-electron chi connectivity index (χ0n) is 10.3. The summed E-state index contributed by atoms with van der Waals surface area (Å²) in [6.45, 7) is 5.02. The van der Waals surface area contributed by atoms with E-state index in [9.17, 15) is 0 Å². The van der Waals surface area contributed by atoms with Gasteiger partial charge in [-0.25, -0.2) is 0 Å². The minimum atomic E-state index is 0.461. The van der Waals surface area contributed by atoms with Crippen molar-refractivity contribution >= 4 is 0 Å². The first-order chi connectivity index (χ1) is 8.25. The fourth-order valence-corrected chi connectivity index (χ4v) is 1.67. The molecule has 0 bridgehead atoms. The van der Waals surface area contributed by atoms with Crippen LogP contribution in [0, 0.1) is 0 Å². The predicted octanol–water partition coefficient (Wildman–Crippen LogP) is 2.76. The molecule has 3 nitrogen and oxygen atoms in total. The molecule has 2 rings (SSSR count). The molecule has 0 aliphatic carbocycles. The third-order valence-electron chi connectivity index (χ3n) is 2.61. The average Bonchev–Trinajstić information content (AvgIpc) is 2.75. The van der Waals surface area contributed by atoms with Gasteiger partial charge in [0.25, 0.3) is 0 Å². The summed E-state index contributed by atoms with van der Waals surface area (Å²) in [4.78, 5) is 4.33. The van der Waals surface area contributed by atoms with Crippen molar-refractivity contribution in [2.75, 3.05) is 0 Å². The molecule has 17 heavy (non-hydrogen) atoms. The number of furan rings is 1. The van der Waals surface area contributed by atoms with Crippen LogP contribution in [-0.2, 0) is 13.0 Å². The summed E-state index contributed by atoms with van der Waals surface area (Å²) in [5, 5.41) is 3.36. The molecule has 0 atom stereocenters. The van der Waals surface area contributed by atoms with Crippen LogP contribution in [-0.4, -0.2) is 11.0 Å². The minimum absolute atomic E-state index is 0.461. The van der Waals surface area contributed by atoms with E-state index in [1.165, 1.54) is 5.56 Å². The Morgan fingerprint density at radius 2 is 2.18 bits per heavy atom. The monoisotopic (exact) mass is 230 g/mol. The van der Waals surface area contributed by atoms with Gasteiger partial charge < -0.3 is 9.73 Å². The summed E-state index contributed by atoms with van der Waals surface area (Å²) >= 11 is 0. The highest BCUT2D eigenvalue weighted by Crippen LogP contribution is 2.14. The van der Waals surface area contributed by atoms with Crippen LogP contribution < -0.4 is 5.32 Å². The lowest BCUT2D eigenvalue weighted by Gasteiger charge is -2.07. The molecule has 3 heteroatoms. The van der Waals surface area contributed by atoms with E-state index in [0.29, 0.717) is 6.04 Å². The van der Waals surface area contributed by atoms with Crippen molar-refractivity contribution in [2.45, 2.75) is 32.9 Å². The van der Waals surface area contributed by atoms with Gasteiger partial charge in [0.15, 0.2) is 0 Å². The first kappa shape index (κ1) is 11.9. The maximum atomic E-state index is 5.50. The van der Waals surface area contributed by atoms with Crippen molar-refractivity contribution < 1.29 is 4.42 Å². The summed E-state index contributed by atoms with van der Waals surface area (Å²) in [7, 11) is 0. The maximum absolute atomic E-state index is 5.50. The molecule has 0 unspecified atom stereocenters. The third kappa shape index (κ3) is 3.43. The second kappa shape index (κ2) is 5.64. The zero-order chi connectivity index (χ0) is 12.1. The lowest BCUT2D eigenvalue weighted by molar-refractivity contribution is 0.461. The molecule has 90 valence electrons. The number of nitrogens with zero attached hydrogens (tertiary/aromatic N) is 1. The molecule has 0 fully saturated rings. The van der Waals surface area contributed by atoms with E-state index in [0.717, 1.165) is 24.4 Å². The smallest absolute Gasteiger partial charge is 0.121 e. The Balaban J connectivity index is 2.04. The highest BCUT2D eigenvalue weighted by Gasteiger charge is 2.07. The summed E-state index contributed by atoms with van der Waals surface area (Å²) in [6, 6.07) is 8.45. The first-order valence-corrected chi connectivity index (χ1v) is 5.94. The predicted molar refractivity (Wildman–Crippen MR) is 67.7 cm³/mol. The van der Waals surface area contributed by atoms with Gasteiger partial charge in [-0.15, -0.1) is 0 Å². The summed E-state index contributed by atoms with van der Waals surface area (Å²) in [5.74, 6) is 1.00. The van der Waals surface area contributed by atoms with Crippen LogP contribution in [0.15, 0.2) is 41.1 Å². The van der Waals surface area contributed by atoms with Gasteiger partial charge in [0, 0.05) is 29.9 Å². The van der Waals surface area contributed by atoms with Gasteiger partial charge >= 0.3 is 0 Å². The highest BCUT2D eigenvalue weighted by atomic mass is 16.3. The van der Waals surface area contributed by atoms with Crippen molar-refractivity contribution in [2.24, 2.45) is 0 Å². The normalized spacial score (nSPS) is 11.0. The Hall–Kier alpha value is -1.61. The van der Waals surface area contributed by atoms with Crippen LogP contribution in [0.2, 0.25) is 0 Å². The standard InChI is InChI=1S/C14H18N2O/c1-11(2)16-10-14-12(6-8-17-14)9-13-5-3-4-7-15-13/h3-8,11,16H,9-10H2,1-2H3. The number of pyridine rings is 1. The molecular formula is C14H18N2O. The number of hydrogen-bond acceptors (Lipinski definition) is 3. The average molecular weight is 230 g/mol. The fraction of sp³-hybridized carbons (Fsp3) is 0.357. The van der Waals surface area contributed by atoms with Crippen LogP contribution in [0.1, 0.15) is 30.9 Å². The third-order valence-corrected chi connectivity index (χ3v) is 2.61. The van der Waals surface area contributed by atoms with Gasteiger partial charge in [0.05, 0.1) is 12.8 Å². The summed E-state index contributed by atoms with van der Waals surface area (Å²) in [6.07, 6.45) is 4.39. The Labute approximate surface area is 102 Å². The van der Waals surface area contributed by atoms with E-state index in [1.54, 1.807) is 6.26 Å². The molecule has 0 aliphatic rings. The first-order valence-electron chi connectivity index (χ1n) is 5.94. The second-order valence-electron chi connectivity index (χ2n) is 4.40. The molecule has 0 aliphatic heterocycles. The summed E-state index contributed by atoms with van der Waals surface area (Å²) < 4.78 is 5.50. The molecular weight excluding hydrogens is 212 g/mol. The zero-order valence-corrected chi connectivity index (χ0v) is 10.3. The van der Waals surface area contributed by atoms with E-state index in [-0.39, 0.29) is 0 Å². The van der Waals surface area contributed by atoms with Crippen LogP contribution in [0.5, 0.6) is 0 Å². The molecule has 2 aromatic rings. The Morgan fingerprint density at radius 1 is 1.29 bits per heavy atom. The lowest BCUT2D eigenvalue weighted by atomic mass is 10.1. The molecule has 0 aromatic carbocycles. The Bertz CT molecular complexity index is 448. The molecule has 2 heterocycles. The van der Waals surface area contributed by atoms with Crippen molar-refractivity contribution in [3.8, 4) is 0 Å². The second-order valence-corrected chi connectivity index (χ2v) is 4.40. The maximum Gasteiger partial charge on any atom is 0.121 e. The molecule has 0 amide bonds. The van der Waals surface area contributed by atoms with Gasteiger partial charge in [-0.05, 0) is 18.2 Å². The highest BCUT2D eigenvalue weighted by molar-refractivity contribution is 5.23. The summed E-state index contributed by atoms with van der Waals surface area (Å²) in [5.41, 5.74) is 2.27. The van der Waals surface area contributed by atoms with E-state index < -0.39 is 0 Å². The number of nitrogens with one attached hydrogen (secondary N) is 1. The Kier molecular flexibility index (Phi) is 3.94. The SMILES string of the molecule is CC(C)NCc1occc1Cc1ccccn1. The van der Waals surface area contributed by atoms with Gasteiger partial charge in [-0.1, -0.05) is 19.9 Å². The van der Waals surface area contributed by atoms with Gasteiger partial charge in [0.2, 0.25) is 0 Å². The van der Waals surface area contributed by atoms with E-state index in [4.69, 9.17) is 4.42 Å². The van der Waals surface area contributed by atoms with Crippen LogP contribution in [0.4, 0.5) is 0 Å². The van der Waals surface area contributed by atoms with Gasteiger partial charge in [-0.2, -0.15) is 0 Å². The molecule has 0 saturated carbocycles. The van der Waals surface area contributed by atoms with E-state index in [1.807, 2.05) is 30.5 Å².